The van der Waals surface area contributed by atoms with E-state index >= 15 is 0 Å². The van der Waals surface area contributed by atoms with Crippen LogP contribution in [0.5, 0.6) is 0 Å². The number of piperidine rings is 1. The maximum absolute atomic E-state index is 12.0. The minimum atomic E-state index is -4.08. The van der Waals surface area contributed by atoms with Gasteiger partial charge < -0.3 is 4.74 Å². The highest BCUT2D eigenvalue weighted by molar-refractivity contribution is 5.75. The Kier molecular flexibility index (Phi) is 5.91. The number of alkyl halides is 3. The van der Waals surface area contributed by atoms with Crippen molar-refractivity contribution < 1.29 is 22.7 Å². The zero-order chi connectivity index (χ0) is 13.6. The Morgan fingerprint density at radius 2 is 2.06 bits per heavy atom. The average molecular weight is 267 g/mol. The van der Waals surface area contributed by atoms with Crippen molar-refractivity contribution in [2.45, 2.75) is 50.7 Å². The van der Waals surface area contributed by atoms with Crippen molar-refractivity contribution in [1.29, 1.82) is 0 Å². The monoisotopic (exact) mass is 267 g/mol. The number of ether oxygens (including phenoxy) is 1. The summed E-state index contributed by atoms with van der Waals surface area (Å²) in [6, 6.07) is -0.269. The number of methoxy groups -OCH3 is 1. The second kappa shape index (κ2) is 6.97. The number of esters is 1. The van der Waals surface area contributed by atoms with Crippen LogP contribution in [0.2, 0.25) is 0 Å². The summed E-state index contributed by atoms with van der Waals surface area (Å²) < 4.78 is 40.7. The molecule has 1 aliphatic rings. The fourth-order valence-corrected chi connectivity index (χ4v) is 2.30. The number of halogens is 3. The van der Waals surface area contributed by atoms with E-state index in [2.05, 4.69) is 0 Å². The van der Waals surface area contributed by atoms with Gasteiger partial charge in [-0.1, -0.05) is 6.42 Å². The average Bonchev–Trinajstić information content (AvgIpc) is 2.33. The van der Waals surface area contributed by atoms with Crippen LogP contribution in [0, 0.1) is 0 Å². The molecule has 0 radical (unpaired) electrons. The van der Waals surface area contributed by atoms with E-state index in [1.807, 2.05) is 4.90 Å². The molecule has 1 atom stereocenters. The van der Waals surface area contributed by atoms with E-state index in [0.29, 0.717) is 13.0 Å². The van der Waals surface area contributed by atoms with Crippen LogP contribution in [0.15, 0.2) is 0 Å². The van der Waals surface area contributed by atoms with Crippen LogP contribution in [-0.2, 0) is 9.53 Å². The van der Waals surface area contributed by atoms with Crippen molar-refractivity contribution in [1.82, 2.24) is 4.90 Å². The molecule has 3 nitrogen and oxygen atoms in total. The van der Waals surface area contributed by atoms with Crippen LogP contribution in [0.4, 0.5) is 13.2 Å². The Morgan fingerprint density at radius 3 is 2.67 bits per heavy atom. The lowest BCUT2D eigenvalue weighted by Gasteiger charge is -2.33. The fourth-order valence-electron chi connectivity index (χ4n) is 2.30. The molecule has 1 aliphatic heterocycles. The van der Waals surface area contributed by atoms with Gasteiger partial charge in [0.1, 0.15) is 6.04 Å². The van der Waals surface area contributed by atoms with Gasteiger partial charge in [0.05, 0.1) is 7.11 Å². The topological polar surface area (TPSA) is 29.5 Å². The van der Waals surface area contributed by atoms with E-state index in [1.165, 1.54) is 7.11 Å². The molecular weight excluding hydrogens is 247 g/mol. The molecular formula is C12H20F3NO2. The quantitative estimate of drug-likeness (QED) is 0.566. The second-order valence-corrected chi connectivity index (χ2v) is 4.64. The first-order chi connectivity index (χ1) is 8.44. The maximum atomic E-state index is 12.0. The summed E-state index contributed by atoms with van der Waals surface area (Å²) in [5, 5.41) is 0. The van der Waals surface area contributed by atoms with Crippen LogP contribution in [-0.4, -0.2) is 43.3 Å². The van der Waals surface area contributed by atoms with Gasteiger partial charge in [-0.3, -0.25) is 9.69 Å². The molecule has 0 aromatic carbocycles. The second-order valence-electron chi connectivity index (χ2n) is 4.64. The van der Waals surface area contributed by atoms with Gasteiger partial charge in [-0.2, -0.15) is 13.2 Å². The third-order valence-electron chi connectivity index (χ3n) is 3.24. The van der Waals surface area contributed by atoms with E-state index in [-0.39, 0.29) is 18.4 Å². The summed E-state index contributed by atoms with van der Waals surface area (Å²) in [7, 11) is 1.35. The summed E-state index contributed by atoms with van der Waals surface area (Å²) in [4.78, 5) is 13.5. The SMILES string of the molecule is COC(=O)C1CCCCN1CCCCC(F)(F)F. The van der Waals surface area contributed by atoms with Crippen molar-refractivity contribution >= 4 is 5.97 Å². The molecule has 1 fully saturated rings. The van der Waals surface area contributed by atoms with E-state index in [9.17, 15) is 18.0 Å². The molecule has 106 valence electrons. The fraction of sp³-hybridized carbons (Fsp3) is 0.917. The molecule has 6 heteroatoms. The standard InChI is InChI=1S/C12H20F3NO2/c1-18-11(17)10-6-2-4-8-16(10)9-5-3-7-12(13,14)15/h10H,2-9H2,1H3. The van der Waals surface area contributed by atoms with Gasteiger partial charge in [-0.15, -0.1) is 0 Å². The summed E-state index contributed by atoms with van der Waals surface area (Å²) >= 11 is 0. The maximum Gasteiger partial charge on any atom is 0.389 e. The van der Waals surface area contributed by atoms with Crippen LogP contribution in [0.25, 0.3) is 0 Å². The van der Waals surface area contributed by atoms with Crippen molar-refractivity contribution in [2.24, 2.45) is 0 Å². The molecule has 0 bridgehead atoms. The molecule has 0 spiro atoms. The first kappa shape index (κ1) is 15.3. The predicted molar refractivity (Wildman–Crippen MR) is 61.1 cm³/mol. The van der Waals surface area contributed by atoms with Gasteiger partial charge in [0.2, 0.25) is 0 Å². The van der Waals surface area contributed by atoms with Crippen LogP contribution < -0.4 is 0 Å². The summed E-state index contributed by atoms with van der Waals surface area (Å²) in [6.45, 7) is 1.31. The zero-order valence-electron chi connectivity index (χ0n) is 10.6. The number of nitrogens with zero attached hydrogens (tertiary/aromatic N) is 1. The smallest absolute Gasteiger partial charge is 0.389 e. The Morgan fingerprint density at radius 1 is 1.33 bits per heavy atom. The first-order valence-corrected chi connectivity index (χ1v) is 6.32. The minimum absolute atomic E-state index is 0.119. The summed E-state index contributed by atoms with van der Waals surface area (Å²) in [5.74, 6) is -0.273. The number of hydrogen-bond donors (Lipinski definition) is 0. The van der Waals surface area contributed by atoms with Crippen molar-refractivity contribution in [3.8, 4) is 0 Å². The third kappa shape index (κ3) is 5.25. The Bertz CT molecular complexity index is 269. The van der Waals surface area contributed by atoms with E-state index in [4.69, 9.17) is 4.74 Å². The molecule has 1 unspecified atom stereocenters. The third-order valence-corrected chi connectivity index (χ3v) is 3.24. The normalized spacial score (nSPS) is 21.9. The number of carbonyl (C=O) groups excluding carboxylic acids is 1. The van der Waals surface area contributed by atoms with Gasteiger partial charge in [0, 0.05) is 6.42 Å². The van der Waals surface area contributed by atoms with E-state index in [0.717, 1.165) is 25.8 Å². The number of rotatable bonds is 5. The number of hydrogen-bond acceptors (Lipinski definition) is 3. The highest BCUT2D eigenvalue weighted by atomic mass is 19.4. The van der Waals surface area contributed by atoms with Crippen LogP contribution in [0.1, 0.15) is 38.5 Å². The minimum Gasteiger partial charge on any atom is -0.468 e. The molecule has 1 rings (SSSR count). The first-order valence-electron chi connectivity index (χ1n) is 6.32. The Balaban J connectivity index is 2.32. The van der Waals surface area contributed by atoms with Gasteiger partial charge in [-0.05, 0) is 38.8 Å². The number of likely N-dealkylation sites (tertiary alicyclic amines) is 1. The predicted octanol–water partition coefficient (Wildman–Crippen LogP) is 2.75. The number of unbranched alkanes of at least 4 members (excludes halogenated alkanes) is 1. The van der Waals surface area contributed by atoms with Crippen LogP contribution in [0.3, 0.4) is 0 Å². The lowest BCUT2D eigenvalue weighted by Crippen LogP contribution is -2.45. The van der Waals surface area contributed by atoms with E-state index in [1.54, 1.807) is 0 Å². The molecule has 18 heavy (non-hydrogen) atoms. The Hall–Kier alpha value is -0.780. The molecule has 0 N–H and O–H groups in total. The number of carbonyl (C=O) groups is 1. The summed E-state index contributed by atoms with van der Waals surface area (Å²) in [6.07, 6.45) is -1.54. The largest absolute Gasteiger partial charge is 0.468 e. The molecule has 0 saturated carbocycles. The Labute approximate surface area is 105 Å². The van der Waals surface area contributed by atoms with E-state index < -0.39 is 12.6 Å². The highest BCUT2D eigenvalue weighted by Gasteiger charge is 2.30. The van der Waals surface area contributed by atoms with Crippen molar-refractivity contribution in [2.75, 3.05) is 20.2 Å². The van der Waals surface area contributed by atoms with Gasteiger partial charge in [-0.25, -0.2) is 0 Å². The highest BCUT2D eigenvalue weighted by Crippen LogP contribution is 2.23. The lowest BCUT2D eigenvalue weighted by atomic mass is 10.0. The zero-order valence-corrected chi connectivity index (χ0v) is 10.6. The van der Waals surface area contributed by atoms with Crippen LogP contribution >= 0.6 is 0 Å². The lowest BCUT2D eigenvalue weighted by molar-refractivity contribution is -0.148. The van der Waals surface area contributed by atoms with Gasteiger partial charge in [0.25, 0.3) is 0 Å². The summed E-state index contributed by atoms with van der Waals surface area (Å²) in [5.41, 5.74) is 0. The van der Waals surface area contributed by atoms with Gasteiger partial charge >= 0.3 is 12.1 Å². The molecule has 1 heterocycles. The molecule has 0 aromatic heterocycles. The molecule has 0 amide bonds. The van der Waals surface area contributed by atoms with Crippen molar-refractivity contribution in [3.05, 3.63) is 0 Å². The van der Waals surface area contributed by atoms with Gasteiger partial charge in [0.15, 0.2) is 0 Å². The molecule has 1 saturated heterocycles. The molecule has 0 aliphatic carbocycles. The van der Waals surface area contributed by atoms with Crippen molar-refractivity contribution in [3.63, 3.8) is 0 Å². The molecule has 0 aromatic rings.